The number of rotatable bonds is 5. The number of esters is 1. The van der Waals surface area contributed by atoms with Crippen LogP contribution in [0, 0.1) is 0 Å². The zero-order valence-electron chi connectivity index (χ0n) is 10.9. The van der Waals surface area contributed by atoms with Crippen molar-refractivity contribution in [1.82, 2.24) is 9.78 Å². The number of methoxy groups -OCH3 is 1. The molecule has 0 fully saturated rings. The average molecular weight is 334 g/mol. The van der Waals surface area contributed by atoms with Gasteiger partial charge in [0.2, 0.25) is 0 Å². The fourth-order valence-electron chi connectivity index (χ4n) is 1.20. The van der Waals surface area contributed by atoms with Crippen molar-refractivity contribution in [2.45, 2.75) is 26.0 Å². The van der Waals surface area contributed by atoms with Gasteiger partial charge < -0.3 is 15.2 Å². The first-order valence-corrected chi connectivity index (χ1v) is 6.32. The SMILES string of the molecule is COC(=O)Cn1ncc(NCC(C)(C)O)c(Br)c1=O. The van der Waals surface area contributed by atoms with Crippen LogP contribution in [-0.4, -0.2) is 40.1 Å². The molecule has 0 atom stereocenters. The summed E-state index contributed by atoms with van der Waals surface area (Å²) in [5, 5.41) is 16.4. The highest BCUT2D eigenvalue weighted by Crippen LogP contribution is 2.17. The molecule has 0 saturated carbocycles. The number of hydrogen-bond donors (Lipinski definition) is 2. The molecule has 1 rings (SSSR count). The van der Waals surface area contributed by atoms with Gasteiger partial charge in [-0.3, -0.25) is 9.59 Å². The van der Waals surface area contributed by atoms with E-state index in [1.807, 2.05) is 0 Å². The highest BCUT2D eigenvalue weighted by atomic mass is 79.9. The van der Waals surface area contributed by atoms with Gasteiger partial charge in [0.25, 0.3) is 5.56 Å². The van der Waals surface area contributed by atoms with Crippen LogP contribution in [0.5, 0.6) is 0 Å². The minimum absolute atomic E-state index is 0.246. The molecule has 0 aromatic carbocycles. The molecule has 1 aromatic heterocycles. The third-order valence-corrected chi connectivity index (χ3v) is 2.97. The number of nitrogens with zero attached hydrogens (tertiary/aromatic N) is 2. The van der Waals surface area contributed by atoms with Crippen molar-refractivity contribution >= 4 is 27.6 Å². The van der Waals surface area contributed by atoms with Gasteiger partial charge in [-0.15, -0.1) is 0 Å². The van der Waals surface area contributed by atoms with Crippen LogP contribution in [0.3, 0.4) is 0 Å². The van der Waals surface area contributed by atoms with Crippen molar-refractivity contribution in [3.05, 3.63) is 21.0 Å². The number of carbonyl (C=O) groups excluding carboxylic acids is 1. The highest BCUT2D eigenvalue weighted by Gasteiger charge is 2.15. The number of aromatic nitrogens is 2. The first-order valence-electron chi connectivity index (χ1n) is 5.53. The minimum atomic E-state index is -0.916. The van der Waals surface area contributed by atoms with Crippen molar-refractivity contribution in [2.75, 3.05) is 19.0 Å². The van der Waals surface area contributed by atoms with E-state index in [1.54, 1.807) is 13.8 Å². The van der Waals surface area contributed by atoms with E-state index >= 15 is 0 Å². The van der Waals surface area contributed by atoms with Crippen LogP contribution in [0.4, 0.5) is 5.69 Å². The molecule has 106 valence electrons. The third-order valence-electron chi connectivity index (χ3n) is 2.20. The Morgan fingerprint density at radius 3 is 2.79 bits per heavy atom. The molecule has 7 nitrogen and oxygen atoms in total. The second-order valence-electron chi connectivity index (χ2n) is 4.58. The molecule has 0 unspecified atom stereocenters. The average Bonchev–Trinajstić information content (AvgIpc) is 2.32. The highest BCUT2D eigenvalue weighted by molar-refractivity contribution is 9.10. The van der Waals surface area contributed by atoms with Crippen LogP contribution >= 0.6 is 15.9 Å². The van der Waals surface area contributed by atoms with Gasteiger partial charge in [-0.1, -0.05) is 0 Å². The quantitative estimate of drug-likeness (QED) is 0.756. The summed E-state index contributed by atoms with van der Waals surface area (Å²) >= 11 is 3.14. The standard InChI is InChI=1S/C11H16BrN3O4/c1-11(2,18)6-13-7-4-14-15(5-8(16)19-3)10(17)9(7)12/h4,13,18H,5-6H2,1-3H3. The molecule has 0 aliphatic carbocycles. The summed E-state index contributed by atoms with van der Waals surface area (Å²) in [4.78, 5) is 23.0. The van der Waals surface area contributed by atoms with Crippen molar-refractivity contribution in [2.24, 2.45) is 0 Å². The molecule has 0 amide bonds. The molecule has 0 radical (unpaired) electrons. The lowest BCUT2D eigenvalue weighted by Crippen LogP contribution is -2.32. The second-order valence-corrected chi connectivity index (χ2v) is 5.37. The lowest BCUT2D eigenvalue weighted by molar-refractivity contribution is -0.141. The number of halogens is 1. The Kier molecular flexibility index (Phi) is 5.07. The molecule has 1 aromatic rings. The van der Waals surface area contributed by atoms with Crippen molar-refractivity contribution in [3.8, 4) is 0 Å². The fraction of sp³-hybridized carbons (Fsp3) is 0.545. The molecule has 2 N–H and O–H groups in total. The van der Waals surface area contributed by atoms with Crippen LogP contribution < -0.4 is 10.9 Å². The summed E-state index contributed by atoms with van der Waals surface area (Å²) in [5.74, 6) is -0.557. The lowest BCUT2D eigenvalue weighted by Gasteiger charge is -2.19. The van der Waals surface area contributed by atoms with Crippen LogP contribution in [0.25, 0.3) is 0 Å². The maximum atomic E-state index is 11.9. The summed E-state index contributed by atoms with van der Waals surface area (Å²) < 4.78 is 5.71. The van der Waals surface area contributed by atoms with Crippen molar-refractivity contribution in [1.29, 1.82) is 0 Å². The van der Waals surface area contributed by atoms with Crippen LogP contribution in [0.15, 0.2) is 15.5 Å². The van der Waals surface area contributed by atoms with Gasteiger partial charge in [0.1, 0.15) is 11.0 Å². The molecular formula is C11H16BrN3O4. The number of aliphatic hydroxyl groups is 1. The van der Waals surface area contributed by atoms with E-state index in [4.69, 9.17) is 0 Å². The Hall–Kier alpha value is -1.41. The fourth-order valence-corrected chi connectivity index (χ4v) is 1.65. The number of hydrogen-bond acceptors (Lipinski definition) is 6. The van der Waals surface area contributed by atoms with E-state index < -0.39 is 17.1 Å². The maximum absolute atomic E-state index is 11.9. The van der Waals surface area contributed by atoms with E-state index in [0.29, 0.717) is 5.69 Å². The van der Waals surface area contributed by atoms with Gasteiger partial charge in [-0.25, -0.2) is 4.68 Å². The molecule has 1 heterocycles. The van der Waals surface area contributed by atoms with E-state index in [2.05, 4.69) is 31.1 Å². The van der Waals surface area contributed by atoms with Gasteiger partial charge in [-0.2, -0.15) is 5.10 Å². The van der Waals surface area contributed by atoms with E-state index in [9.17, 15) is 14.7 Å². The zero-order valence-corrected chi connectivity index (χ0v) is 12.5. The smallest absolute Gasteiger partial charge is 0.327 e. The summed E-state index contributed by atoms with van der Waals surface area (Å²) in [6, 6.07) is 0. The van der Waals surface area contributed by atoms with E-state index in [0.717, 1.165) is 4.68 Å². The van der Waals surface area contributed by atoms with Crippen molar-refractivity contribution in [3.63, 3.8) is 0 Å². The monoisotopic (exact) mass is 333 g/mol. The summed E-state index contributed by atoms with van der Waals surface area (Å²) in [7, 11) is 1.24. The van der Waals surface area contributed by atoms with Crippen molar-refractivity contribution < 1.29 is 14.6 Å². The Morgan fingerprint density at radius 1 is 1.63 bits per heavy atom. The first kappa shape index (κ1) is 15.6. The molecule has 0 aliphatic rings. The van der Waals surface area contributed by atoms with Gasteiger partial charge >= 0.3 is 5.97 Å². The van der Waals surface area contributed by atoms with Gasteiger partial charge in [0, 0.05) is 6.54 Å². The molecule has 0 saturated heterocycles. The van der Waals surface area contributed by atoms with E-state index in [-0.39, 0.29) is 17.6 Å². The predicted molar refractivity (Wildman–Crippen MR) is 73.0 cm³/mol. The van der Waals surface area contributed by atoms with Crippen LogP contribution in [0.1, 0.15) is 13.8 Å². The molecule has 0 aliphatic heterocycles. The van der Waals surface area contributed by atoms with Gasteiger partial charge in [0.05, 0.1) is 24.6 Å². The number of carbonyl (C=O) groups is 1. The van der Waals surface area contributed by atoms with E-state index in [1.165, 1.54) is 13.3 Å². The predicted octanol–water partition coefficient (Wildman–Crippen LogP) is 0.362. The normalized spacial score (nSPS) is 11.2. The zero-order chi connectivity index (χ0) is 14.6. The van der Waals surface area contributed by atoms with Crippen LogP contribution in [-0.2, 0) is 16.1 Å². The number of ether oxygens (including phenoxy) is 1. The Balaban J connectivity index is 2.92. The maximum Gasteiger partial charge on any atom is 0.327 e. The second kappa shape index (κ2) is 6.16. The topological polar surface area (TPSA) is 93.5 Å². The Labute approximate surface area is 118 Å². The van der Waals surface area contributed by atoms with Crippen LogP contribution in [0.2, 0.25) is 0 Å². The first-order chi connectivity index (χ1) is 8.74. The molecular weight excluding hydrogens is 318 g/mol. The summed E-state index contributed by atoms with van der Waals surface area (Å²) in [6.07, 6.45) is 1.40. The summed E-state index contributed by atoms with van der Waals surface area (Å²) in [6.45, 7) is 3.28. The Morgan fingerprint density at radius 2 is 2.26 bits per heavy atom. The lowest BCUT2D eigenvalue weighted by atomic mass is 10.1. The Bertz CT molecular complexity index is 522. The van der Waals surface area contributed by atoms with Gasteiger partial charge in [0.15, 0.2) is 0 Å². The number of nitrogens with one attached hydrogen (secondary N) is 1. The molecule has 0 spiro atoms. The molecule has 0 bridgehead atoms. The minimum Gasteiger partial charge on any atom is -0.468 e. The largest absolute Gasteiger partial charge is 0.468 e. The summed E-state index contributed by atoms with van der Waals surface area (Å²) in [5.41, 5.74) is -0.917. The van der Waals surface area contributed by atoms with Gasteiger partial charge in [-0.05, 0) is 29.8 Å². The molecule has 19 heavy (non-hydrogen) atoms. The molecule has 8 heteroatoms. The third kappa shape index (κ3) is 4.64. The number of anilines is 1.